The largest absolute Gasteiger partial charge is 0.465 e. The molecule has 5 heteroatoms. The van der Waals surface area contributed by atoms with Crippen LogP contribution in [0.5, 0.6) is 0 Å². The summed E-state index contributed by atoms with van der Waals surface area (Å²) in [6, 6.07) is 0.427. The van der Waals surface area contributed by atoms with Crippen LogP contribution < -0.4 is 0 Å². The van der Waals surface area contributed by atoms with Gasteiger partial charge in [-0.2, -0.15) is 0 Å². The van der Waals surface area contributed by atoms with Crippen molar-refractivity contribution in [3.8, 4) is 0 Å². The van der Waals surface area contributed by atoms with E-state index < -0.39 is 6.10 Å². The van der Waals surface area contributed by atoms with Crippen LogP contribution in [-0.2, 0) is 14.3 Å². The normalized spacial score (nSPS) is 17.2. The molecule has 0 saturated heterocycles. The Hall–Kier alpha value is -0.650. The minimum Gasteiger partial charge on any atom is -0.465 e. The van der Waals surface area contributed by atoms with E-state index in [1.807, 2.05) is 11.8 Å². The average molecular weight is 245 g/mol. The molecular weight excluding hydrogens is 222 g/mol. The lowest BCUT2D eigenvalue weighted by atomic mass is 10.3. The molecule has 0 bridgehead atoms. The number of hydrogen-bond donors (Lipinski definition) is 1. The third-order valence-electron chi connectivity index (χ3n) is 2.66. The predicted molar refractivity (Wildman–Crippen MR) is 63.7 cm³/mol. The highest BCUT2D eigenvalue weighted by Crippen LogP contribution is 2.26. The van der Waals surface area contributed by atoms with Crippen molar-refractivity contribution >= 4 is 5.97 Å². The fourth-order valence-corrected chi connectivity index (χ4v) is 1.73. The van der Waals surface area contributed by atoms with Gasteiger partial charge in [0.1, 0.15) is 0 Å². The van der Waals surface area contributed by atoms with Crippen molar-refractivity contribution in [2.45, 2.75) is 38.8 Å². The van der Waals surface area contributed by atoms with Crippen LogP contribution in [0.3, 0.4) is 0 Å². The second-order valence-corrected chi connectivity index (χ2v) is 4.28. The summed E-state index contributed by atoms with van der Waals surface area (Å²) in [7, 11) is 0. The summed E-state index contributed by atoms with van der Waals surface area (Å²) in [5.74, 6) is -0.219. The van der Waals surface area contributed by atoms with E-state index in [9.17, 15) is 9.90 Å². The van der Waals surface area contributed by atoms with Crippen molar-refractivity contribution in [2.24, 2.45) is 0 Å². The number of carbonyl (C=O) groups is 1. The van der Waals surface area contributed by atoms with E-state index in [1.165, 1.54) is 0 Å². The minimum absolute atomic E-state index is 0.219. The van der Waals surface area contributed by atoms with Gasteiger partial charge < -0.3 is 14.6 Å². The summed E-state index contributed by atoms with van der Waals surface area (Å²) in [5.41, 5.74) is 0. The van der Waals surface area contributed by atoms with Crippen LogP contribution in [0, 0.1) is 0 Å². The highest BCUT2D eigenvalue weighted by atomic mass is 16.5. The Morgan fingerprint density at radius 3 is 2.65 bits per heavy atom. The summed E-state index contributed by atoms with van der Waals surface area (Å²) >= 11 is 0. The SMILES string of the molecule is CCOCC(O)CN(CC(=O)OCC)C1CC1. The lowest BCUT2D eigenvalue weighted by Gasteiger charge is -2.23. The Morgan fingerprint density at radius 1 is 1.41 bits per heavy atom. The number of carbonyl (C=O) groups excluding carboxylic acids is 1. The van der Waals surface area contributed by atoms with E-state index in [1.54, 1.807) is 6.92 Å². The summed E-state index contributed by atoms with van der Waals surface area (Å²) in [6.45, 7) is 5.75. The standard InChI is InChI=1S/C12H23NO4/c1-3-16-9-11(14)7-13(10-5-6-10)8-12(15)17-4-2/h10-11,14H,3-9H2,1-2H3. The quantitative estimate of drug-likeness (QED) is 0.596. The number of aliphatic hydroxyl groups excluding tert-OH is 1. The van der Waals surface area contributed by atoms with Crippen LogP contribution in [0.1, 0.15) is 26.7 Å². The third kappa shape index (κ3) is 6.00. The van der Waals surface area contributed by atoms with Crippen LogP contribution >= 0.6 is 0 Å². The van der Waals surface area contributed by atoms with Crippen molar-refractivity contribution in [1.29, 1.82) is 0 Å². The first-order valence-corrected chi connectivity index (χ1v) is 6.32. The molecule has 1 aliphatic rings. The second-order valence-electron chi connectivity index (χ2n) is 4.28. The first-order chi connectivity index (χ1) is 8.17. The van der Waals surface area contributed by atoms with E-state index >= 15 is 0 Å². The van der Waals surface area contributed by atoms with Gasteiger partial charge in [-0.3, -0.25) is 9.69 Å². The maximum absolute atomic E-state index is 11.4. The molecule has 1 aliphatic carbocycles. The lowest BCUT2D eigenvalue weighted by Crippen LogP contribution is -2.40. The number of rotatable bonds is 9. The average Bonchev–Trinajstić information content (AvgIpc) is 3.09. The van der Waals surface area contributed by atoms with Crippen molar-refractivity contribution in [1.82, 2.24) is 4.90 Å². The molecule has 1 fully saturated rings. The molecule has 0 aromatic heterocycles. The van der Waals surface area contributed by atoms with Gasteiger partial charge >= 0.3 is 5.97 Å². The first kappa shape index (κ1) is 14.4. The molecule has 0 aromatic carbocycles. The Labute approximate surface area is 103 Å². The van der Waals surface area contributed by atoms with Gasteiger partial charge in [0.15, 0.2) is 0 Å². The molecule has 1 rings (SSSR count). The molecule has 1 atom stereocenters. The van der Waals surface area contributed by atoms with E-state index in [0.717, 1.165) is 12.8 Å². The van der Waals surface area contributed by atoms with Gasteiger partial charge in [0.2, 0.25) is 0 Å². The van der Waals surface area contributed by atoms with Crippen LogP contribution in [0.15, 0.2) is 0 Å². The van der Waals surface area contributed by atoms with Crippen LogP contribution in [0.25, 0.3) is 0 Å². The van der Waals surface area contributed by atoms with E-state index in [4.69, 9.17) is 9.47 Å². The number of esters is 1. The molecule has 1 unspecified atom stereocenters. The van der Waals surface area contributed by atoms with Crippen molar-refractivity contribution in [2.75, 3.05) is 32.9 Å². The highest BCUT2D eigenvalue weighted by Gasteiger charge is 2.31. The smallest absolute Gasteiger partial charge is 0.320 e. The van der Waals surface area contributed by atoms with Crippen molar-refractivity contribution in [3.63, 3.8) is 0 Å². The van der Waals surface area contributed by atoms with Crippen molar-refractivity contribution < 1.29 is 19.4 Å². The molecule has 1 N–H and O–H groups in total. The molecule has 0 spiro atoms. The third-order valence-corrected chi connectivity index (χ3v) is 2.66. The van der Waals surface area contributed by atoms with E-state index in [0.29, 0.717) is 32.4 Å². The van der Waals surface area contributed by atoms with Gasteiger partial charge in [-0.25, -0.2) is 0 Å². The fraction of sp³-hybridized carbons (Fsp3) is 0.917. The molecule has 1 saturated carbocycles. The molecule has 0 heterocycles. The number of nitrogens with zero attached hydrogens (tertiary/aromatic N) is 1. The molecule has 0 aromatic rings. The predicted octanol–water partition coefficient (Wildman–Crippen LogP) is 0.411. The Bertz CT molecular complexity index is 231. The molecule has 100 valence electrons. The maximum Gasteiger partial charge on any atom is 0.320 e. The molecule has 17 heavy (non-hydrogen) atoms. The zero-order valence-corrected chi connectivity index (χ0v) is 10.7. The summed E-state index contributed by atoms with van der Waals surface area (Å²) in [5, 5.41) is 9.75. The van der Waals surface area contributed by atoms with Gasteiger partial charge in [0, 0.05) is 19.2 Å². The first-order valence-electron chi connectivity index (χ1n) is 6.32. The minimum atomic E-state index is -0.537. The fourth-order valence-electron chi connectivity index (χ4n) is 1.73. The highest BCUT2D eigenvalue weighted by molar-refractivity contribution is 5.71. The molecule has 0 radical (unpaired) electrons. The topological polar surface area (TPSA) is 59.0 Å². The molecule has 0 amide bonds. The Morgan fingerprint density at radius 2 is 2.12 bits per heavy atom. The molecular formula is C12H23NO4. The van der Waals surface area contributed by atoms with E-state index in [2.05, 4.69) is 0 Å². The van der Waals surface area contributed by atoms with Gasteiger partial charge in [-0.15, -0.1) is 0 Å². The van der Waals surface area contributed by atoms with E-state index in [-0.39, 0.29) is 12.5 Å². The zero-order chi connectivity index (χ0) is 12.7. The monoisotopic (exact) mass is 245 g/mol. The summed E-state index contributed by atoms with van der Waals surface area (Å²) in [6.07, 6.45) is 1.66. The Balaban J connectivity index is 2.30. The number of hydrogen-bond acceptors (Lipinski definition) is 5. The lowest BCUT2D eigenvalue weighted by molar-refractivity contribution is -0.145. The van der Waals surface area contributed by atoms with Gasteiger partial charge in [0.25, 0.3) is 0 Å². The van der Waals surface area contributed by atoms with Gasteiger partial charge in [-0.05, 0) is 26.7 Å². The van der Waals surface area contributed by atoms with Crippen LogP contribution in [0.2, 0.25) is 0 Å². The van der Waals surface area contributed by atoms with Gasteiger partial charge in [0.05, 0.1) is 25.9 Å². The summed E-state index contributed by atoms with van der Waals surface area (Å²) < 4.78 is 10.1. The zero-order valence-electron chi connectivity index (χ0n) is 10.7. The maximum atomic E-state index is 11.4. The number of ether oxygens (including phenoxy) is 2. The van der Waals surface area contributed by atoms with Crippen molar-refractivity contribution in [3.05, 3.63) is 0 Å². The molecule has 5 nitrogen and oxygen atoms in total. The number of aliphatic hydroxyl groups is 1. The van der Waals surface area contributed by atoms with Crippen LogP contribution in [0.4, 0.5) is 0 Å². The van der Waals surface area contributed by atoms with Gasteiger partial charge in [-0.1, -0.05) is 0 Å². The second kappa shape index (κ2) is 7.63. The molecule has 0 aliphatic heterocycles. The summed E-state index contributed by atoms with van der Waals surface area (Å²) in [4.78, 5) is 13.4. The Kier molecular flexibility index (Phi) is 6.47. The van der Waals surface area contributed by atoms with Crippen LogP contribution in [-0.4, -0.2) is 61.0 Å².